The molecule has 2 aliphatic carbocycles. The van der Waals surface area contributed by atoms with Crippen LogP contribution in [0.3, 0.4) is 0 Å². The second-order valence-corrected chi connectivity index (χ2v) is 12.4. The predicted octanol–water partition coefficient (Wildman–Crippen LogP) is 6.15. The molecule has 0 aromatic carbocycles. The van der Waals surface area contributed by atoms with Crippen LogP contribution in [-0.4, -0.2) is 18.4 Å². The second-order valence-electron chi connectivity index (χ2n) is 9.79. The quantitative estimate of drug-likeness (QED) is 0.410. The summed E-state index contributed by atoms with van der Waals surface area (Å²) >= 11 is 0. The SMILES string of the molecule is CCCCCCC(CCCCCC)C1C2CC2S(=O)(=O)C2(C)CC12C. The summed E-state index contributed by atoms with van der Waals surface area (Å²) in [5.74, 6) is 1.94. The first-order valence-corrected chi connectivity index (χ1v) is 12.6. The van der Waals surface area contributed by atoms with E-state index in [9.17, 15) is 8.42 Å². The number of hydrogen-bond acceptors (Lipinski definition) is 2. The van der Waals surface area contributed by atoms with E-state index < -0.39 is 14.6 Å². The summed E-state index contributed by atoms with van der Waals surface area (Å²) in [5, 5.41) is 0.0202. The molecule has 0 spiro atoms. The van der Waals surface area contributed by atoms with Gasteiger partial charge in [-0.05, 0) is 42.9 Å². The van der Waals surface area contributed by atoms with Gasteiger partial charge in [-0.15, -0.1) is 0 Å². The first-order chi connectivity index (χ1) is 11.8. The van der Waals surface area contributed by atoms with Gasteiger partial charge in [0, 0.05) is 0 Å². The van der Waals surface area contributed by atoms with Crippen LogP contribution in [0.5, 0.6) is 0 Å². The van der Waals surface area contributed by atoms with Gasteiger partial charge >= 0.3 is 0 Å². The minimum Gasteiger partial charge on any atom is -0.228 e. The van der Waals surface area contributed by atoms with Gasteiger partial charge in [-0.1, -0.05) is 85.0 Å². The number of rotatable bonds is 11. The summed E-state index contributed by atoms with van der Waals surface area (Å²) in [7, 11) is -2.87. The van der Waals surface area contributed by atoms with Gasteiger partial charge in [0.05, 0.1) is 10.00 Å². The van der Waals surface area contributed by atoms with E-state index in [2.05, 4.69) is 27.7 Å². The van der Waals surface area contributed by atoms with E-state index >= 15 is 0 Å². The fourth-order valence-electron chi connectivity index (χ4n) is 6.32. The smallest absolute Gasteiger partial charge is 0.159 e. The molecular weight excluding hydrogens is 328 g/mol. The van der Waals surface area contributed by atoms with Crippen LogP contribution >= 0.6 is 0 Å². The molecular formula is C22H40O2S. The number of unbranched alkanes of at least 4 members (excludes halogenated alkanes) is 6. The van der Waals surface area contributed by atoms with Crippen molar-refractivity contribution >= 4 is 9.84 Å². The largest absolute Gasteiger partial charge is 0.228 e. The summed E-state index contributed by atoms with van der Waals surface area (Å²) in [4.78, 5) is 0. The standard InChI is InChI=1S/C22H40O2S/c1-5-7-9-11-13-17(14-12-10-8-6-2)20-18-15-19(18)25(23,24)22(4)16-21(20,22)3/h17-20H,5-16H2,1-4H3. The normalized spacial score (nSPS) is 40.6. The van der Waals surface area contributed by atoms with Crippen molar-refractivity contribution < 1.29 is 8.42 Å². The lowest BCUT2D eigenvalue weighted by Crippen LogP contribution is -2.42. The Morgan fingerprint density at radius 3 is 2.00 bits per heavy atom. The van der Waals surface area contributed by atoms with Gasteiger partial charge in [0.2, 0.25) is 0 Å². The Labute approximate surface area is 156 Å². The van der Waals surface area contributed by atoms with Crippen molar-refractivity contribution in [2.45, 2.75) is 115 Å². The van der Waals surface area contributed by atoms with E-state index in [1.165, 1.54) is 64.2 Å². The average molecular weight is 369 g/mol. The first kappa shape index (κ1) is 19.7. The Bertz CT molecular complexity index is 557. The van der Waals surface area contributed by atoms with Crippen molar-refractivity contribution in [3.63, 3.8) is 0 Å². The maximum atomic E-state index is 12.9. The highest BCUT2D eigenvalue weighted by molar-refractivity contribution is 7.94. The Hall–Kier alpha value is -0.0500. The molecule has 5 unspecified atom stereocenters. The lowest BCUT2D eigenvalue weighted by atomic mass is 9.71. The van der Waals surface area contributed by atoms with Crippen LogP contribution < -0.4 is 0 Å². The summed E-state index contributed by atoms with van der Waals surface area (Å²) in [6.45, 7) is 8.93. The van der Waals surface area contributed by atoms with Crippen LogP contribution in [0.2, 0.25) is 0 Å². The van der Waals surface area contributed by atoms with E-state index in [1.54, 1.807) is 0 Å². The molecule has 2 nitrogen and oxygen atoms in total. The summed E-state index contributed by atoms with van der Waals surface area (Å²) in [5.41, 5.74) is 0.0731. The van der Waals surface area contributed by atoms with Crippen LogP contribution in [0.4, 0.5) is 0 Å². The zero-order valence-corrected chi connectivity index (χ0v) is 17.8. The van der Waals surface area contributed by atoms with Gasteiger partial charge in [0.25, 0.3) is 0 Å². The molecule has 5 atom stereocenters. The minimum atomic E-state index is -2.87. The van der Waals surface area contributed by atoms with Crippen LogP contribution in [0.1, 0.15) is 105 Å². The van der Waals surface area contributed by atoms with E-state index in [4.69, 9.17) is 0 Å². The average Bonchev–Trinajstić information content (AvgIpc) is 3.44. The maximum absolute atomic E-state index is 12.9. The predicted molar refractivity (Wildman–Crippen MR) is 106 cm³/mol. The van der Waals surface area contributed by atoms with Crippen molar-refractivity contribution in [1.82, 2.24) is 0 Å². The van der Waals surface area contributed by atoms with Gasteiger partial charge in [0.1, 0.15) is 0 Å². The monoisotopic (exact) mass is 368 g/mol. The highest BCUT2D eigenvalue weighted by Crippen LogP contribution is 2.77. The van der Waals surface area contributed by atoms with Crippen LogP contribution in [-0.2, 0) is 9.84 Å². The number of hydrogen-bond donors (Lipinski definition) is 0. The molecule has 0 aromatic rings. The second kappa shape index (κ2) is 7.17. The highest BCUT2D eigenvalue weighted by Gasteiger charge is 2.81. The molecule has 0 radical (unpaired) electrons. The molecule has 0 amide bonds. The molecule has 1 saturated heterocycles. The number of fused-ring (bicyclic) bond motifs is 2. The molecule has 25 heavy (non-hydrogen) atoms. The third-order valence-corrected chi connectivity index (χ3v) is 11.4. The Kier molecular flexibility index (Phi) is 5.65. The molecule has 0 aromatic heterocycles. The topological polar surface area (TPSA) is 34.1 Å². The van der Waals surface area contributed by atoms with E-state index in [0.29, 0.717) is 11.8 Å². The van der Waals surface area contributed by atoms with Crippen molar-refractivity contribution in [2.75, 3.05) is 0 Å². The molecule has 0 N–H and O–H groups in total. The zero-order chi connectivity index (χ0) is 18.3. The fourth-order valence-corrected chi connectivity index (χ4v) is 9.38. The van der Waals surface area contributed by atoms with Crippen LogP contribution in [0, 0.1) is 23.2 Å². The zero-order valence-electron chi connectivity index (χ0n) is 17.0. The summed E-state index contributed by atoms with van der Waals surface area (Å²) < 4.78 is 25.4. The molecule has 1 aliphatic heterocycles. The number of sulfone groups is 1. The summed E-state index contributed by atoms with van der Waals surface area (Å²) in [6.07, 6.45) is 15.3. The molecule has 3 rings (SSSR count). The van der Waals surface area contributed by atoms with E-state index in [-0.39, 0.29) is 10.7 Å². The Morgan fingerprint density at radius 2 is 1.48 bits per heavy atom. The van der Waals surface area contributed by atoms with Crippen molar-refractivity contribution in [1.29, 1.82) is 0 Å². The van der Waals surface area contributed by atoms with Crippen LogP contribution in [0.25, 0.3) is 0 Å². The van der Waals surface area contributed by atoms with Gasteiger partial charge in [0.15, 0.2) is 9.84 Å². The maximum Gasteiger partial charge on any atom is 0.159 e. The molecule has 146 valence electrons. The lowest BCUT2D eigenvalue weighted by molar-refractivity contribution is 0.150. The molecule has 3 aliphatic rings. The molecule has 3 fully saturated rings. The fraction of sp³-hybridized carbons (Fsp3) is 1.00. The van der Waals surface area contributed by atoms with E-state index in [0.717, 1.165) is 18.8 Å². The van der Waals surface area contributed by atoms with Crippen molar-refractivity contribution in [3.05, 3.63) is 0 Å². The Morgan fingerprint density at radius 1 is 0.920 bits per heavy atom. The van der Waals surface area contributed by atoms with Crippen molar-refractivity contribution in [3.8, 4) is 0 Å². The third-order valence-electron chi connectivity index (χ3n) is 8.15. The molecule has 0 bridgehead atoms. The molecule has 1 heterocycles. The van der Waals surface area contributed by atoms with Gasteiger partial charge in [-0.3, -0.25) is 0 Å². The van der Waals surface area contributed by atoms with Gasteiger partial charge < -0.3 is 0 Å². The van der Waals surface area contributed by atoms with Crippen LogP contribution in [0.15, 0.2) is 0 Å². The first-order valence-electron chi connectivity index (χ1n) is 11.1. The van der Waals surface area contributed by atoms with Gasteiger partial charge in [-0.2, -0.15) is 0 Å². The summed E-state index contributed by atoms with van der Waals surface area (Å²) in [6, 6.07) is 0. The van der Waals surface area contributed by atoms with E-state index in [1.807, 2.05) is 0 Å². The Balaban J connectivity index is 1.69. The molecule has 2 saturated carbocycles. The molecule has 3 heteroatoms. The van der Waals surface area contributed by atoms with Crippen molar-refractivity contribution in [2.24, 2.45) is 23.2 Å². The lowest BCUT2D eigenvalue weighted by Gasteiger charge is -2.39. The van der Waals surface area contributed by atoms with Gasteiger partial charge in [-0.25, -0.2) is 8.42 Å². The third kappa shape index (κ3) is 3.21. The highest BCUT2D eigenvalue weighted by atomic mass is 32.2. The minimum absolute atomic E-state index is 0.0202.